The van der Waals surface area contributed by atoms with E-state index < -0.39 is 0 Å². The number of nitrogens with one attached hydrogen (secondary N) is 2. The van der Waals surface area contributed by atoms with Gasteiger partial charge < -0.3 is 5.32 Å². The summed E-state index contributed by atoms with van der Waals surface area (Å²) in [5, 5.41) is 8.16. The van der Waals surface area contributed by atoms with Crippen LogP contribution in [0.1, 0.15) is 11.4 Å². The minimum atomic E-state index is -0.238. The van der Waals surface area contributed by atoms with E-state index >= 15 is 0 Å². The SMILES string of the molecule is O=c1[nH]c(CNc2ccc(Br)cc2)nn1Cc1cccc(Cl)c1. The van der Waals surface area contributed by atoms with Crippen molar-refractivity contribution in [2.24, 2.45) is 0 Å². The Bertz CT molecular complexity index is 857. The lowest BCUT2D eigenvalue weighted by molar-refractivity contribution is 0.651. The first-order chi connectivity index (χ1) is 11.1. The number of benzene rings is 2. The quantitative estimate of drug-likeness (QED) is 0.695. The van der Waals surface area contributed by atoms with Crippen LogP contribution in [0.2, 0.25) is 5.02 Å². The zero-order valence-electron chi connectivity index (χ0n) is 12.1. The average Bonchev–Trinajstić information content (AvgIpc) is 2.87. The van der Waals surface area contributed by atoms with Crippen molar-refractivity contribution >= 4 is 33.2 Å². The minimum absolute atomic E-state index is 0.238. The van der Waals surface area contributed by atoms with Gasteiger partial charge in [-0.05, 0) is 42.0 Å². The standard InChI is InChI=1S/C16H14BrClN4O/c17-12-4-6-14(7-5-12)19-9-15-20-16(23)22(21-15)10-11-2-1-3-13(18)8-11/h1-8,19H,9-10H2,(H,20,21,23). The van der Waals surface area contributed by atoms with Gasteiger partial charge in [0.05, 0.1) is 13.1 Å². The fourth-order valence-corrected chi connectivity index (χ4v) is 2.63. The Morgan fingerprint density at radius 2 is 2.00 bits per heavy atom. The van der Waals surface area contributed by atoms with Crippen molar-refractivity contribution in [3.8, 4) is 0 Å². The van der Waals surface area contributed by atoms with Crippen LogP contribution in [0.15, 0.2) is 57.8 Å². The molecule has 7 heteroatoms. The van der Waals surface area contributed by atoms with Crippen molar-refractivity contribution < 1.29 is 0 Å². The third kappa shape index (κ3) is 4.24. The van der Waals surface area contributed by atoms with E-state index in [-0.39, 0.29) is 5.69 Å². The zero-order valence-corrected chi connectivity index (χ0v) is 14.4. The van der Waals surface area contributed by atoms with Crippen LogP contribution in [0.5, 0.6) is 0 Å². The van der Waals surface area contributed by atoms with Crippen LogP contribution in [0.4, 0.5) is 5.69 Å². The molecule has 3 rings (SSSR count). The zero-order chi connectivity index (χ0) is 16.2. The van der Waals surface area contributed by atoms with Crippen LogP contribution in [0.25, 0.3) is 0 Å². The highest BCUT2D eigenvalue weighted by atomic mass is 79.9. The van der Waals surface area contributed by atoms with E-state index in [0.29, 0.717) is 23.9 Å². The van der Waals surface area contributed by atoms with Crippen LogP contribution < -0.4 is 11.0 Å². The number of nitrogens with zero attached hydrogens (tertiary/aromatic N) is 2. The highest BCUT2D eigenvalue weighted by Gasteiger charge is 2.06. The van der Waals surface area contributed by atoms with Crippen molar-refractivity contribution in [2.75, 3.05) is 5.32 Å². The number of aromatic nitrogens is 3. The molecule has 0 spiro atoms. The molecule has 0 atom stereocenters. The summed E-state index contributed by atoms with van der Waals surface area (Å²) in [6, 6.07) is 15.2. The highest BCUT2D eigenvalue weighted by Crippen LogP contribution is 2.14. The van der Waals surface area contributed by atoms with Gasteiger partial charge in [0.1, 0.15) is 5.82 Å². The second kappa shape index (κ2) is 7.02. The number of rotatable bonds is 5. The summed E-state index contributed by atoms with van der Waals surface area (Å²) >= 11 is 9.35. The summed E-state index contributed by atoms with van der Waals surface area (Å²) in [7, 11) is 0. The van der Waals surface area contributed by atoms with Crippen LogP contribution >= 0.6 is 27.5 Å². The molecule has 1 heterocycles. The van der Waals surface area contributed by atoms with Crippen molar-refractivity contribution in [2.45, 2.75) is 13.1 Å². The van der Waals surface area contributed by atoms with Gasteiger partial charge in [0.15, 0.2) is 0 Å². The maximum absolute atomic E-state index is 12.0. The maximum Gasteiger partial charge on any atom is 0.343 e. The first kappa shape index (κ1) is 15.8. The minimum Gasteiger partial charge on any atom is -0.378 e. The molecule has 0 unspecified atom stereocenters. The molecule has 2 aromatic carbocycles. The summed E-state index contributed by atoms with van der Waals surface area (Å²) in [5.41, 5.74) is 1.65. The fourth-order valence-electron chi connectivity index (χ4n) is 2.15. The molecular formula is C16H14BrClN4O. The summed E-state index contributed by atoms with van der Waals surface area (Å²) in [6.45, 7) is 0.827. The number of anilines is 1. The van der Waals surface area contributed by atoms with E-state index in [1.54, 1.807) is 6.07 Å². The monoisotopic (exact) mass is 392 g/mol. The van der Waals surface area contributed by atoms with Gasteiger partial charge in [-0.25, -0.2) is 9.48 Å². The number of aromatic amines is 1. The van der Waals surface area contributed by atoms with Gasteiger partial charge in [0.2, 0.25) is 0 Å². The van der Waals surface area contributed by atoms with Crippen molar-refractivity contribution in [3.05, 3.63) is 79.9 Å². The first-order valence-electron chi connectivity index (χ1n) is 7.00. The van der Waals surface area contributed by atoms with E-state index in [1.165, 1.54) is 4.68 Å². The molecule has 0 amide bonds. The van der Waals surface area contributed by atoms with Gasteiger partial charge >= 0.3 is 5.69 Å². The Morgan fingerprint density at radius 1 is 1.22 bits per heavy atom. The summed E-state index contributed by atoms with van der Waals surface area (Å²) in [6.07, 6.45) is 0. The molecule has 23 heavy (non-hydrogen) atoms. The number of H-pyrrole nitrogens is 1. The van der Waals surface area contributed by atoms with Crippen molar-refractivity contribution in [1.29, 1.82) is 0 Å². The van der Waals surface area contributed by atoms with E-state index in [2.05, 4.69) is 31.3 Å². The molecule has 0 fully saturated rings. The Labute approximate surface area is 146 Å². The van der Waals surface area contributed by atoms with Crippen LogP contribution in [-0.2, 0) is 13.1 Å². The lowest BCUT2D eigenvalue weighted by Crippen LogP contribution is -2.18. The van der Waals surface area contributed by atoms with Gasteiger partial charge in [0, 0.05) is 15.2 Å². The molecule has 0 saturated heterocycles. The molecule has 0 saturated carbocycles. The number of hydrogen-bond acceptors (Lipinski definition) is 3. The Balaban J connectivity index is 1.68. The van der Waals surface area contributed by atoms with Gasteiger partial charge in [-0.1, -0.05) is 39.7 Å². The molecule has 0 aliphatic heterocycles. The molecule has 3 aromatic rings. The predicted molar refractivity (Wildman–Crippen MR) is 94.9 cm³/mol. The van der Waals surface area contributed by atoms with E-state index in [0.717, 1.165) is 15.7 Å². The molecule has 0 aliphatic rings. The Kier molecular flexibility index (Phi) is 4.83. The lowest BCUT2D eigenvalue weighted by Gasteiger charge is -2.04. The largest absolute Gasteiger partial charge is 0.378 e. The summed E-state index contributed by atoms with van der Waals surface area (Å²) in [5.74, 6) is 0.583. The molecular weight excluding hydrogens is 380 g/mol. The normalized spacial score (nSPS) is 10.7. The number of hydrogen-bond donors (Lipinski definition) is 2. The molecule has 0 radical (unpaired) electrons. The first-order valence-corrected chi connectivity index (χ1v) is 8.17. The van der Waals surface area contributed by atoms with Gasteiger partial charge in [0.25, 0.3) is 0 Å². The predicted octanol–water partition coefficient (Wildman–Crippen LogP) is 3.65. The average molecular weight is 394 g/mol. The summed E-state index contributed by atoms with van der Waals surface area (Å²) in [4.78, 5) is 14.7. The van der Waals surface area contributed by atoms with E-state index in [9.17, 15) is 4.79 Å². The van der Waals surface area contributed by atoms with Crippen LogP contribution in [0, 0.1) is 0 Å². The van der Waals surface area contributed by atoms with E-state index in [4.69, 9.17) is 11.6 Å². The number of halogens is 2. The Hall–Kier alpha value is -2.05. The second-order valence-electron chi connectivity index (χ2n) is 5.02. The van der Waals surface area contributed by atoms with Crippen molar-refractivity contribution in [3.63, 3.8) is 0 Å². The molecule has 0 aliphatic carbocycles. The summed E-state index contributed by atoms with van der Waals surface area (Å²) < 4.78 is 2.41. The third-order valence-electron chi connectivity index (χ3n) is 3.25. The molecule has 118 valence electrons. The smallest absolute Gasteiger partial charge is 0.343 e. The van der Waals surface area contributed by atoms with Gasteiger partial charge in [-0.15, -0.1) is 0 Å². The lowest BCUT2D eigenvalue weighted by atomic mass is 10.2. The third-order valence-corrected chi connectivity index (χ3v) is 4.02. The van der Waals surface area contributed by atoms with E-state index in [1.807, 2.05) is 42.5 Å². The second-order valence-corrected chi connectivity index (χ2v) is 6.38. The molecule has 1 aromatic heterocycles. The van der Waals surface area contributed by atoms with Crippen LogP contribution in [-0.4, -0.2) is 14.8 Å². The molecule has 5 nitrogen and oxygen atoms in total. The Morgan fingerprint density at radius 3 is 2.74 bits per heavy atom. The fraction of sp³-hybridized carbons (Fsp3) is 0.125. The molecule has 0 bridgehead atoms. The van der Waals surface area contributed by atoms with Crippen LogP contribution in [0.3, 0.4) is 0 Å². The van der Waals surface area contributed by atoms with Gasteiger partial charge in [-0.3, -0.25) is 4.98 Å². The topological polar surface area (TPSA) is 62.7 Å². The maximum atomic E-state index is 12.0. The van der Waals surface area contributed by atoms with Gasteiger partial charge in [-0.2, -0.15) is 5.10 Å². The highest BCUT2D eigenvalue weighted by molar-refractivity contribution is 9.10. The molecule has 2 N–H and O–H groups in total. The van der Waals surface area contributed by atoms with Crippen molar-refractivity contribution in [1.82, 2.24) is 14.8 Å².